The molecule has 0 aromatic heterocycles. The second-order valence-corrected chi connectivity index (χ2v) is 4.71. The molecule has 1 aromatic rings. The van der Waals surface area contributed by atoms with Crippen molar-refractivity contribution >= 4 is 11.4 Å². The lowest BCUT2D eigenvalue weighted by Gasteiger charge is -2.12. The van der Waals surface area contributed by atoms with E-state index in [4.69, 9.17) is 0 Å². The molecular weight excluding hydrogens is 230 g/mol. The van der Waals surface area contributed by atoms with Gasteiger partial charge in [0.05, 0.1) is 17.1 Å². The molecule has 0 aliphatic heterocycles. The lowest BCUT2D eigenvalue weighted by Crippen LogP contribution is -2.14. The van der Waals surface area contributed by atoms with E-state index in [0.717, 1.165) is 25.0 Å². The molecule has 0 spiro atoms. The molecular formula is C11H12F2N2O2. The Hall–Kier alpha value is -1.72. The first-order valence-electron chi connectivity index (χ1n) is 5.29. The summed E-state index contributed by atoms with van der Waals surface area (Å²) in [6, 6.07) is 1.45. The van der Waals surface area contributed by atoms with Crippen LogP contribution in [0.25, 0.3) is 0 Å². The number of nitro benzene ring substituents is 1. The normalized spacial score (nSPS) is 16.6. The molecule has 0 unspecified atom stereocenters. The number of benzene rings is 1. The molecule has 1 aromatic carbocycles. The van der Waals surface area contributed by atoms with Gasteiger partial charge in [-0.3, -0.25) is 10.1 Å². The fraction of sp³-hybridized carbons (Fsp3) is 0.455. The van der Waals surface area contributed by atoms with Crippen molar-refractivity contribution in [3.63, 3.8) is 0 Å². The highest BCUT2D eigenvalue weighted by molar-refractivity contribution is 5.51. The smallest absolute Gasteiger partial charge is 0.275 e. The maximum Gasteiger partial charge on any atom is 0.275 e. The number of nitrogens with zero attached hydrogens (tertiary/aromatic N) is 1. The number of hydrogen-bond donors (Lipinski definition) is 1. The van der Waals surface area contributed by atoms with Crippen molar-refractivity contribution in [2.45, 2.75) is 19.8 Å². The molecule has 0 atom stereocenters. The third-order valence-corrected chi connectivity index (χ3v) is 3.03. The Balaban J connectivity index is 2.19. The molecule has 6 heteroatoms. The van der Waals surface area contributed by atoms with Gasteiger partial charge in [-0.25, -0.2) is 8.78 Å². The molecule has 0 amide bonds. The largest absolute Gasteiger partial charge is 0.380 e. The molecule has 4 nitrogen and oxygen atoms in total. The summed E-state index contributed by atoms with van der Waals surface area (Å²) in [6.07, 6.45) is 2.05. The topological polar surface area (TPSA) is 55.2 Å². The van der Waals surface area contributed by atoms with Crippen molar-refractivity contribution < 1.29 is 13.7 Å². The first-order valence-corrected chi connectivity index (χ1v) is 5.29. The molecule has 0 saturated heterocycles. The van der Waals surface area contributed by atoms with Crippen LogP contribution in [0.4, 0.5) is 20.2 Å². The summed E-state index contributed by atoms with van der Waals surface area (Å²) in [7, 11) is 0. The molecule has 0 radical (unpaired) electrons. The molecule has 2 rings (SSSR count). The highest BCUT2D eigenvalue weighted by atomic mass is 19.1. The van der Waals surface area contributed by atoms with E-state index in [1.54, 1.807) is 0 Å². The first-order chi connectivity index (χ1) is 7.91. The van der Waals surface area contributed by atoms with Crippen LogP contribution in [0.1, 0.15) is 19.8 Å². The van der Waals surface area contributed by atoms with Crippen LogP contribution >= 0.6 is 0 Å². The van der Waals surface area contributed by atoms with Gasteiger partial charge in [-0.1, -0.05) is 6.92 Å². The van der Waals surface area contributed by atoms with Crippen LogP contribution in [0.2, 0.25) is 0 Å². The number of rotatable bonds is 4. The zero-order valence-electron chi connectivity index (χ0n) is 9.30. The summed E-state index contributed by atoms with van der Waals surface area (Å²) in [6.45, 7) is 2.49. The molecule has 92 valence electrons. The van der Waals surface area contributed by atoms with Crippen molar-refractivity contribution in [3.05, 3.63) is 33.9 Å². The van der Waals surface area contributed by atoms with Gasteiger partial charge in [-0.2, -0.15) is 0 Å². The minimum atomic E-state index is -0.930. The second-order valence-electron chi connectivity index (χ2n) is 4.71. The minimum Gasteiger partial charge on any atom is -0.380 e. The third kappa shape index (κ3) is 2.51. The Kier molecular flexibility index (Phi) is 2.73. The first kappa shape index (κ1) is 11.8. The predicted octanol–water partition coefficient (Wildman–Crippen LogP) is 3.09. The summed E-state index contributed by atoms with van der Waals surface area (Å²) in [4.78, 5) is 9.57. The van der Waals surface area contributed by atoms with Gasteiger partial charge in [0.15, 0.2) is 11.6 Å². The zero-order valence-corrected chi connectivity index (χ0v) is 9.30. The van der Waals surface area contributed by atoms with Crippen molar-refractivity contribution in [1.82, 2.24) is 0 Å². The van der Waals surface area contributed by atoms with E-state index in [9.17, 15) is 18.9 Å². The monoisotopic (exact) mass is 242 g/mol. The Labute approximate surface area is 96.8 Å². The van der Waals surface area contributed by atoms with Gasteiger partial charge in [0, 0.05) is 6.54 Å². The van der Waals surface area contributed by atoms with E-state index in [0.29, 0.717) is 6.54 Å². The molecule has 0 bridgehead atoms. The Bertz CT molecular complexity index is 450. The fourth-order valence-electron chi connectivity index (χ4n) is 1.53. The van der Waals surface area contributed by atoms with Crippen molar-refractivity contribution in [2.75, 3.05) is 11.9 Å². The molecule has 1 aliphatic carbocycles. The van der Waals surface area contributed by atoms with Crippen LogP contribution in [-0.4, -0.2) is 11.5 Å². The summed E-state index contributed by atoms with van der Waals surface area (Å²) in [5.41, 5.74) is -0.771. The van der Waals surface area contributed by atoms with Crippen LogP contribution in [0.5, 0.6) is 0 Å². The van der Waals surface area contributed by atoms with Crippen molar-refractivity contribution in [3.8, 4) is 0 Å². The van der Waals surface area contributed by atoms with E-state index in [-0.39, 0.29) is 11.1 Å². The minimum absolute atomic E-state index is 0.0979. The van der Waals surface area contributed by atoms with E-state index in [2.05, 4.69) is 5.32 Å². The standard InChI is InChI=1S/C11H12F2N2O2/c1-11(2-3-11)6-14-10-8(12)4-7(15(16)17)5-9(10)13/h4-5,14H,2-3,6H2,1H3. The molecule has 1 fully saturated rings. The van der Waals surface area contributed by atoms with Crippen LogP contribution in [-0.2, 0) is 0 Å². The van der Waals surface area contributed by atoms with Crippen LogP contribution in [0.15, 0.2) is 12.1 Å². The molecule has 1 saturated carbocycles. The highest BCUT2D eigenvalue weighted by Gasteiger charge is 2.37. The maximum atomic E-state index is 13.5. The quantitative estimate of drug-likeness (QED) is 0.652. The van der Waals surface area contributed by atoms with Gasteiger partial charge in [0.1, 0.15) is 5.69 Å². The predicted molar refractivity (Wildman–Crippen MR) is 58.8 cm³/mol. The Morgan fingerprint density at radius 1 is 1.41 bits per heavy atom. The van der Waals surface area contributed by atoms with E-state index < -0.39 is 22.2 Å². The van der Waals surface area contributed by atoms with Gasteiger partial charge in [0.2, 0.25) is 0 Å². The number of non-ortho nitro benzene ring substituents is 1. The summed E-state index contributed by atoms with van der Waals surface area (Å²) in [5, 5.41) is 13.1. The Morgan fingerprint density at radius 2 is 1.94 bits per heavy atom. The van der Waals surface area contributed by atoms with E-state index >= 15 is 0 Å². The average Bonchev–Trinajstić information content (AvgIpc) is 2.95. The summed E-state index contributed by atoms with van der Waals surface area (Å²) >= 11 is 0. The number of anilines is 1. The highest BCUT2D eigenvalue weighted by Crippen LogP contribution is 2.45. The van der Waals surface area contributed by atoms with E-state index in [1.807, 2.05) is 6.92 Å². The second kappa shape index (κ2) is 3.94. The number of halogens is 2. The summed E-state index contributed by atoms with van der Waals surface area (Å²) in [5.74, 6) is -1.86. The van der Waals surface area contributed by atoms with Gasteiger partial charge >= 0.3 is 0 Å². The number of hydrogen-bond acceptors (Lipinski definition) is 3. The van der Waals surface area contributed by atoms with Crippen LogP contribution in [0, 0.1) is 27.2 Å². The van der Waals surface area contributed by atoms with Gasteiger partial charge < -0.3 is 5.32 Å². The molecule has 17 heavy (non-hydrogen) atoms. The van der Waals surface area contributed by atoms with Crippen LogP contribution in [0.3, 0.4) is 0 Å². The Morgan fingerprint density at radius 3 is 2.35 bits per heavy atom. The lowest BCUT2D eigenvalue weighted by atomic mass is 10.1. The third-order valence-electron chi connectivity index (χ3n) is 3.03. The van der Waals surface area contributed by atoms with Crippen molar-refractivity contribution in [1.29, 1.82) is 0 Å². The molecule has 1 aliphatic rings. The zero-order chi connectivity index (χ0) is 12.6. The molecule has 0 heterocycles. The van der Waals surface area contributed by atoms with Gasteiger partial charge in [-0.15, -0.1) is 0 Å². The maximum absolute atomic E-state index is 13.5. The average molecular weight is 242 g/mol. The number of nitrogens with one attached hydrogen (secondary N) is 1. The van der Waals surface area contributed by atoms with Gasteiger partial charge in [-0.05, 0) is 18.3 Å². The SMILES string of the molecule is CC1(CNc2c(F)cc([N+](=O)[O-])cc2F)CC1. The van der Waals surface area contributed by atoms with E-state index in [1.165, 1.54) is 0 Å². The van der Waals surface area contributed by atoms with Crippen LogP contribution < -0.4 is 5.32 Å². The molecule has 1 N–H and O–H groups in total. The van der Waals surface area contributed by atoms with Crippen molar-refractivity contribution in [2.24, 2.45) is 5.41 Å². The summed E-state index contributed by atoms with van der Waals surface area (Å²) < 4.78 is 26.9. The lowest BCUT2D eigenvalue weighted by molar-refractivity contribution is -0.385. The number of nitro groups is 1. The van der Waals surface area contributed by atoms with Gasteiger partial charge in [0.25, 0.3) is 5.69 Å². The fourth-order valence-corrected chi connectivity index (χ4v) is 1.53.